The van der Waals surface area contributed by atoms with Crippen molar-refractivity contribution in [3.8, 4) is 5.75 Å². The van der Waals surface area contributed by atoms with Crippen LogP contribution in [0.25, 0.3) is 0 Å². The van der Waals surface area contributed by atoms with E-state index in [2.05, 4.69) is 28.6 Å². The Morgan fingerprint density at radius 1 is 1.18 bits per heavy atom. The summed E-state index contributed by atoms with van der Waals surface area (Å²) in [5.74, 6) is 1.69. The summed E-state index contributed by atoms with van der Waals surface area (Å²) in [4.78, 5) is 4.42. The van der Waals surface area contributed by atoms with Crippen LogP contribution >= 0.6 is 24.0 Å². The number of rotatable bonds is 9. The molecule has 0 amide bonds. The number of nitrogens with zero attached hydrogens (tertiary/aromatic N) is 1. The molecule has 5 nitrogen and oxygen atoms in total. The molecule has 0 aliphatic carbocycles. The van der Waals surface area contributed by atoms with Crippen molar-refractivity contribution in [3.05, 3.63) is 29.8 Å². The van der Waals surface area contributed by atoms with Crippen molar-refractivity contribution >= 4 is 29.9 Å². The minimum Gasteiger partial charge on any atom is -0.492 e. The minimum absolute atomic E-state index is 0. The van der Waals surface area contributed by atoms with Crippen LogP contribution in [0.4, 0.5) is 0 Å². The molecule has 0 bridgehead atoms. The molecule has 0 aromatic heterocycles. The summed E-state index contributed by atoms with van der Waals surface area (Å²) in [5, 5.41) is 6.44. The van der Waals surface area contributed by atoms with Gasteiger partial charge in [0, 0.05) is 13.2 Å². The molecule has 0 saturated carbocycles. The Balaban J connectivity index is 0.00000441. The maximum Gasteiger partial charge on any atom is 0.191 e. The summed E-state index contributed by atoms with van der Waals surface area (Å²) in [7, 11) is 0. The number of hydrogen-bond acceptors (Lipinski definition) is 3. The summed E-state index contributed by atoms with van der Waals surface area (Å²) in [6, 6.07) is 8.05. The quantitative estimate of drug-likeness (QED) is 0.279. The van der Waals surface area contributed by atoms with Crippen LogP contribution in [0.1, 0.15) is 19.4 Å². The van der Waals surface area contributed by atoms with Gasteiger partial charge in [0.15, 0.2) is 5.96 Å². The van der Waals surface area contributed by atoms with E-state index in [4.69, 9.17) is 9.47 Å². The van der Waals surface area contributed by atoms with Gasteiger partial charge >= 0.3 is 0 Å². The van der Waals surface area contributed by atoms with Gasteiger partial charge in [0.1, 0.15) is 12.4 Å². The summed E-state index contributed by atoms with van der Waals surface area (Å²) >= 11 is 0. The molecular weight excluding hydrogens is 393 g/mol. The second-order valence-corrected chi connectivity index (χ2v) is 4.55. The van der Waals surface area contributed by atoms with Crippen LogP contribution in [-0.2, 0) is 4.74 Å². The summed E-state index contributed by atoms with van der Waals surface area (Å²) in [5.41, 5.74) is 1.20. The lowest BCUT2D eigenvalue weighted by molar-refractivity contribution is 0.155. The number of nitrogens with one attached hydrogen (secondary N) is 2. The van der Waals surface area contributed by atoms with Gasteiger partial charge in [-0.2, -0.15) is 0 Å². The number of halogens is 1. The lowest BCUT2D eigenvalue weighted by Gasteiger charge is -2.12. The van der Waals surface area contributed by atoms with Crippen LogP contribution in [0.3, 0.4) is 0 Å². The molecule has 1 aromatic carbocycles. The van der Waals surface area contributed by atoms with Gasteiger partial charge in [0.2, 0.25) is 0 Å². The molecule has 22 heavy (non-hydrogen) atoms. The van der Waals surface area contributed by atoms with Crippen molar-refractivity contribution < 1.29 is 9.47 Å². The highest BCUT2D eigenvalue weighted by atomic mass is 127. The first kappa shape index (κ1) is 21.0. The predicted octanol–water partition coefficient (Wildman–Crippen LogP) is 2.58. The van der Waals surface area contributed by atoms with E-state index in [1.54, 1.807) is 0 Å². The van der Waals surface area contributed by atoms with Crippen LogP contribution < -0.4 is 15.4 Å². The maximum absolute atomic E-state index is 5.69. The zero-order valence-electron chi connectivity index (χ0n) is 13.7. The van der Waals surface area contributed by atoms with Gasteiger partial charge in [-0.25, -0.2) is 0 Å². The number of benzene rings is 1. The van der Waals surface area contributed by atoms with E-state index in [0.29, 0.717) is 26.3 Å². The first-order valence-electron chi connectivity index (χ1n) is 7.55. The van der Waals surface area contributed by atoms with Crippen LogP contribution in [0.2, 0.25) is 0 Å². The Labute approximate surface area is 150 Å². The second kappa shape index (κ2) is 13.6. The molecule has 0 aliphatic rings. The Bertz CT molecular complexity index is 428. The molecule has 0 radical (unpaired) electrons. The van der Waals surface area contributed by atoms with E-state index in [9.17, 15) is 0 Å². The highest BCUT2D eigenvalue weighted by Crippen LogP contribution is 2.11. The smallest absolute Gasteiger partial charge is 0.191 e. The van der Waals surface area contributed by atoms with Crippen molar-refractivity contribution in [1.82, 2.24) is 10.6 Å². The molecular formula is C16H28IN3O2. The van der Waals surface area contributed by atoms with Crippen molar-refractivity contribution in [1.29, 1.82) is 0 Å². The van der Waals surface area contributed by atoms with Crippen LogP contribution in [0.5, 0.6) is 5.75 Å². The van der Waals surface area contributed by atoms with Gasteiger partial charge in [-0.15, -0.1) is 24.0 Å². The minimum atomic E-state index is 0. The summed E-state index contributed by atoms with van der Waals surface area (Å²) in [6.07, 6.45) is 0. The van der Waals surface area contributed by atoms with Crippen LogP contribution in [0, 0.1) is 6.92 Å². The van der Waals surface area contributed by atoms with Crippen LogP contribution in [-0.4, -0.2) is 45.4 Å². The molecule has 0 spiro atoms. The maximum atomic E-state index is 5.69. The molecule has 0 atom stereocenters. The number of aryl methyl sites for hydroxylation is 1. The van der Waals surface area contributed by atoms with Gasteiger partial charge in [-0.05, 0) is 38.5 Å². The molecule has 126 valence electrons. The lowest BCUT2D eigenvalue weighted by atomic mass is 10.2. The van der Waals surface area contributed by atoms with E-state index in [1.807, 2.05) is 32.0 Å². The molecule has 2 N–H and O–H groups in total. The third-order valence-electron chi connectivity index (χ3n) is 2.71. The van der Waals surface area contributed by atoms with E-state index >= 15 is 0 Å². The fourth-order valence-electron chi connectivity index (χ4n) is 1.75. The highest BCUT2D eigenvalue weighted by Gasteiger charge is 1.97. The Morgan fingerprint density at radius 2 is 2.00 bits per heavy atom. The van der Waals surface area contributed by atoms with Crippen molar-refractivity contribution in [2.45, 2.75) is 20.8 Å². The summed E-state index contributed by atoms with van der Waals surface area (Å²) in [6.45, 7) is 10.2. The fourth-order valence-corrected chi connectivity index (χ4v) is 1.75. The molecule has 0 aliphatic heterocycles. The highest BCUT2D eigenvalue weighted by molar-refractivity contribution is 14.0. The van der Waals surface area contributed by atoms with E-state index in [0.717, 1.165) is 24.9 Å². The Hall–Kier alpha value is -1.02. The van der Waals surface area contributed by atoms with E-state index in [1.165, 1.54) is 5.56 Å². The lowest BCUT2D eigenvalue weighted by Crippen LogP contribution is -2.39. The zero-order chi connectivity index (χ0) is 15.3. The topological polar surface area (TPSA) is 54.9 Å². The SMILES string of the molecule is CCNC(=NCCOCC)NCCOc1cccc(C)c1.I. The number of guanidine groups is 1. The predicted molar refractivity (Wildman–Crippen MR) is 103 cm³/mol. The van der Waals surface area contributed by atoms with Gasteiger partial charge < -0.3 is 20.1 Å². The van der Waals surface area contributed by atoms with Crippen molar-refractivity contribution in [2.75, 3.05) is 39.5 Å². The second-order valence-electron chi connectivity index (χ2n) is 4.55. The first-order chi connectivity index (χ1) is 10.3. The Kier molecular flexibility index (Phi) is 13.0. The van der Waals surface area contributed by atoms with Gasteiger partial charge in [-0.1, -0.05) is 12.1 Å². The third-order valence-corrected chi connectivity index (χ3v) is 2.71. The Morgan fingerprint density at radius 3 is 2.68 bits per heavy atom. The zero-order valence-corrected chi connectivity index (χ0v) is 16.1. The molecule has 1 aromatic rings. The average molecular weight is 421 g/mol. The molecule has 0 heterocycles. The van der Waals surface area contributed by atoms with Crippen molar-refractivity contribution in [2.24, 2.45) is 4.99 Å². The normalized spacial score (nSPS) is 10.8. The average Bonchev–Trinajstić information content (AvgIpc) is 2.48. The van der Waals surface area contributed by atoms with Crippen LogP contribution in [0.15, 0.2) is 29.3 Å². The molecule has 0 fully saturated rings. The van der Waals surface area contributed by atoms with Gasteiger partial charge in [-0.3, -0.25) is 4.99 Å². The fraction of sp³-hybridized carbons (Fsp3) is 0.562. The number of hydrogen-bond donors (Lipinski definition) is 2. The van der Waals surface area contributed by atoms with E-state index in [-0.39, 0.29) is 24.0 Å². The van der Waals surface area contributed by atoms with E-state index < -0.39 is 0 Å². The third kappa shape index (κ3) is 9.83. The van der Waals surface area contributed by atoms with Gasteiger partial charge in [0.25, 0.3) is 0 Å². The molecule has 6 heteroatoms. The number of ether oxygens (including phenoxy) is 2. The first-order valence-corrected chi connectivity index (χ1v) is 7.55. The standard InChI is InChI=1S/C16H27N3O2.HI/c1-4-17-16(18-9-11-20-5-2)19-10-12-21-15-8-6-7-14(3)13-15;/h6-8,13H,4-5,9-12H2,1-3H3,(H2,17,18,19);1H. The number of aliphatic imine (C=N–C) groups is 1. The monoisotopic (exact) mass is 421 g/mol. The van der Waals surface area contributed by atoms with Crippen molar-refractivity contribution in [3.63, 3.8) is 0 Å². The largest absolute Gasteiger partial charge is 0.492 e. The molecule has 0 unspecified atom stereocenters. The molecule has 0 saturated heterocycles. The van der Waals surface area contributed by atoms with Gasteiger partial charge in [0.05, 0.1) is 19.7 Å². The summed E-state index contributed by atoms with van der Waals surface area (Å²) < 4.78 is 11.0. The molecule has 1 rings (SSSR count).